The Bertz CT molecular complexity index is 1110. The minimum absolute atomic E-state index is 0.0603. The number of carbonyl (C=O) groups is 2. The molecule has 1 aliphatic heterocycles. The van der Waals surface area contributed by atoms with Crippen molar-refractivity contribution in [2.75, 3.05) is 18.0 Å². The fraction of sp³-hybridized carbons (Fsp3) is 0.231. The second-order valence-corrected chi connectivity index (χ2v) is 7.94. The highest BCUT2D eigenvalue weighted by Gasteiger charge is 2.23. The van der Waals surface area contributed by atoms with E-state index in [2.05, 4.69) is 0 Å². The van der Waals surface area contributed by atoms with Crippen molar-refractivity contribution in [3.63, 3.8) is 0 Å². The molecule has 1 aliphatic rings. The smallest absolute Gasteiger partial charge is 0.261 e. The molecule has 0 radical (unpaired) electrons. The Kier molecular flexibility index (Phi) is 6.59. The van der Waals surface area contributed by atoms with Crippen LogP contribution < -0.4 is 4.90 Å². The maximum Gasteiger partial charge on any atom is 0.261 e. The van der Waals surface area contributed by atoms with Gasteiger partial charge in [-0.3, -0.25) is 9.59 Å². The first kappa shape index (κ1) is 21.7. The topological polar surface area (TPSA) is 40.6 Å². The minimum atomic E-state index is -0.909. The molecule has 0 spiro atoms. The number of amides is 2. The molecule has 32 heavy (non-hydrogen) atoms. The average Bonchev–Trinajstić information content (AvgIpc) is 3.33. The van der Waals surface area contributed by atoms with Gasteiger partial charge in [-0.2, -0.15) is 0 Å². The first-order chi connectivity index (χ1) is 15.5. The van der Waals surface area contributed by atoms with Crippen LogP contribution in [0.15, 0.2) is 72.8 Å². The number of anilines is 1. The van der Waals surface area contributed by atoms with E-state index in [-0.39, 0.29) is 24.4 Å². The van der Waals surface area contributed by atoms with Crippen molar-refractivity contribution in [3.05, 3.63) is 101 Å². The number of carbonyl (C=O) groups excluding carboxylic acids is 2. The van der Waals surface area contributed by atoms with Crippen LogP contribution in [0.4, 0.5) is 14.5 Å². The highest BCUT2D eigenvalue weighted by molar-refractivity contribution is 6.06. The van der Waals surface area contributed by atoms with Gasteiger partial charge in [-0.25, -0.2) is 8.78 Å². The summed E-state index contributed by atoms with van der Waals surface area (Å²) in [6.45, 7) is 1.77. The molecule has 0 N–H and O–H groups in total. The van der Waals surface area contributed by atoms with Gasteiger partial charge in [0.2, 0.25) is 5.91 Å². The monoisotopic (exact) mass is 434 g/mol. The predicted octanol–water partition coefficient (Wildman–Crippen LogP) is 4.98. The molecular formula is C26H24F2N2O2. The Labute approximate surface area is 186 Å². The van der Waals surface area contributed by atoms with Crippen molar-refractivity contribution >= 4 is 17.5 Å². The lowest BCUT2D eigenvalue weighted by atomic mass is 10.1. The van der Waals surface area contributed by atoms with Crippen LogP contribution in [0.2, 0.25) is 0 Å². The molecule has 0 atom stereocenters. The van der Waals surface area contributed by atoms with Gasteiger partial charge in [-0.05, 0) is 48.2 Å². The standard InChI is InChI=1S/C26H24F2N2O2/c27-21-11-12-23(24(28)17-21)26(32)30(18-19-7-2-1-3-8-19)22-10-6-9-20(15-22)16-25(31)29-13-4-5-14-29/h1-3,6-12,15,17H,4-5,13-14,16,18H2. The van der Waals surface area contributed by atoms with E-state index >= 15 is 0 Å². The van der Waals surface area contributed by atoms with Crippen LogP contribution in [0.25, 0.3) is 0 Å². The van der Waals surface area contributed by atoms with Crippen LogP contribution >= 0.6 is 0 Å². The maximum absolute atomic E-state index is 14.4. The number of likely N-dealkylation sites (tertiary alicyclic amines) is 1. The van der Waals surface area contributed by atoms with E-state index in [1.807, 2.05) is 41.3 Å². The quantitative estimate of drug-likeness (QED) is 0.549. The molecule has 2 amide bonds. The summed E-state index contributed by atoms with van der Waals surface area (Å²) in [6.07, 6.45) is 2.29. The van der Waals surface area contributed by atoms with Gasteiger partial charge in [-0.1, -0.05) is 42.5 Å². The Morgan fingerprint density at radius 1 is 0.844 bits per heavy atom. The summed E-state index contributed by atoms with van der Waals surface area (Å²) in [5.41, 5.74) is 1.99. The first-order valence-corrected chi connectivity index (χ1v) is 10.7. The van der Waals surface area contributed by atoms with Crippen LogP contribution in [0.5, 0.6) is 0 Å². The molecule has 6 heteroatoms. The third-order valence-electron chi connectivity index (χ3n) is 5.63. The number of halogens is 2. The molecule has 4 rings (SSSR count). The maximum atomic E-state index is 14.4. The Hall–Kier alpha value is -3.54. The molecule has 0 bridgehead atoms. The van der Waals surface area contributed by atoms with Gasteiger partial charge < -0.3 is 9.80 Å². The zero-order chi connectivity index (χ0) is 22.5. The van der Waals surface area contributed by atoms with Crippen molar-refractivity contribution in [2.45, 2.75) is 25.8 Å². The molecule has 3 aromatic carbocycles. The number of hydrogen-bond donors (Lipinski definition) is 0. The number of rotatable bonds is 6. The van der Waals surface area contributed by atoms with Gasteiger partial charge in [-0.15, -0.1) is 0 Å². The van der Waals surface area contributed by atoms with E-state index in [0.29, 0.717) is 11.8 Å². The van der Waals surface area contributed by atoms with Gasteiger partial charge in [0, 0.05) is 24.8 Å². The van der Waals surface area contributed by atoms with Gasteiger partial charge in [0.05, 0.1) is 18.5 Å². The molecule has 1 fully saturated rings. The molecular weight excluding hydrogens is 410 g/mol. The van der Waals surface area contributed by atoms with E-state index in [4.69, 9.17) is 0 Å². The molecule has 1 heterocycles. The lowest BCUT2D eigenvalue weighted by Gasteiger charge is -2.24. The number of nitrogens with zero attached hydrogens (tertiary/aromatic N) is 2. The predicted molar refractivity (Wildman–Crippen MR) is 119 cm³/mol. The van der Waals surface area contributed by atoms with Crippen molar-refractivity contribution < 1.29 is 18.4 Å². The normalized spacial score (nSPS) is 13.2. The van der Waals surface area contributed by atoms with Gasteiger partial charge in [0.25, 0.3) is 5.91 Å². The van der Waals surface area contributed by atoms with E-state index in [9.17, 15) is 18.4 Å². The number of hydrogen-bond acceptors (Lipinski definition) is 2. The van der Waals surface area contributed by atoms with E-state index in [0.717, 1.165) is 49.2 Å². The third kappa shape index (κ3) is 5.02. The average molecular weight is 434 g/mol. The number of benzene rings is 3. The summed E-state index contributed by atoms with van der Waals surface area (Å²) in [7, 11) is 0. The first-order valence-electron chi connectivity index (χ1n) is 10.7. The van der Waals surface area contributed by atoms with Gasteiger partial charge in [0.15, 0.2) is 0 Å². The van der Waals surface area contributed by atoms with Crippen molar-refractivity contribution in [2.24, 2.45) is 0 Å². The van der Waals surface area contributed by atoms with Crippen LogP contribution in [-0.2, 0) is 17.8 Å². The largest absolute Gasteiger partial charge is 0.342 e. The van der Waals surface area contributed by atoms with Crippen molar-refractivity contribution in [1.82, 2.24) is 4.90 Å². The summed E-state index contributed by atoms with van der Waals surface area (Å²) < 4.78 is 27.8. The van der Waals surface area contributed by atoms with E-state index in [1.54, 1.807) is 18.2 Å². The molecule has 0 unspecified atom stereocenters. The highest BCUT2D eigenvalue weighted by atomic mass is 19.1. The van der Waals surface area contributed by atoms with Crippen LogP contribution in [0.3, 0.4) is 0 Å². The molecule has 1 saturated heterocycles. The Balaban J connectivity index is 1.65. The molecule has 4 nitrogen and oxygen atoms in total. The van der Waals surface area contributed by atoms with E-state index < -0.39 is 17.5 Å². The minimum Gasteiger partial charge on any atom is -0.342 e. The zero-order valence-electron chi connectivity index (χ0n) is 17.6. The fourth-order valence-electron chi connectivity index (χ4n) is 3.94. The molecule has 3 aromatic rings. The van der Waals surface area contributed by atoms with Crippen molar-refractivity contribution in [1.29, 1.82) is 0 Å². The summed E-state index contributed by atoms with van der Waals surface area (Å²) >= 11 is 0. The molecule has 0 aromatic heterocycles. The lowest BCUT2D eigenvalue weighted by Crippen LogP contribution is -2.31. The second kappa shape index (κ2) is 9.73. The Morgan fingerprint density at radius 2 is 1.56 bits per heavy atom. The van der Waals surface area contributed by atoms with Gasteiger partial charge >= 0.3 is 0 Å². The SMILES string of the molecule is O=C(Cc1cccc(N(Cc2ccccc2)C(=O)c2ccc(F)cc2F)c1)N1CCCC1. The highest BCUT2D eigenvalue weighted by Crippen LogP contribution is 2.24. The summed E-state index contributed by atoms with van der Waals surface area (Å²) in [5, 5.41) is 0. The lowest BCUT2D eigenvalue weighted by molar-refractivity contribution is -0.129. The van der Waals surface area contributed by atoms with Gasteiger partial charge in [0.1, 0.15) is 11.6 Å². The molecule has 0 saturated carbocycles. The van der Waals surface area contributed by atoms with Crippen LogP contribution in [0.1, 0.15) is 34.3 Å². The summed E-state index contributed by atoms with van der Waals surface area (Å²) in [5.74, 6) is -2.16. The third-order valence-corrected chi connectivity index (χ3v) is 5.63. The van der Waals surface area contributed by atoms with Crippen molar-refractivity contribution in [3.8, 4) is 0 Å². The molecule has 0 aliphatic carbocycles. The second-order valence-electron chi connectivity index (χ2n) is 7.94. The Morgan fingerprint density at radius 3 is 2.28 bits per heavy atom. The van der Waals surface area contributed by atoms with Crippen LogP contribution in [-0.4, -0.2) is 29.8 Å². The summed E-state index contributed by atoms with van der Waals surface area (Å²) in [6, 6.07) is 19.5. The summed E-state index contributed by atoms with van der Waals surface area (Å²) in [4.78, 5) is 29.2. The van der Waals surface area contributed by atoms with Crippen LogP contribution in [0, 0.1) is 11.6 Å². The zero-order valence-corrected chi connectivity index (χ0v) is 17.6. The van der Waals surface area contributed by atoms with E-state index in [1.165, 1.54) is 4.90 Å². The molecule has 164 valence electrons. The fourth-order valence-corrected chi connectivity index (χ4v) is 3.94.